The Morgan fingerprint density at radius 1 is 1.69 bits per heavy atom. The fourth-order valence-corrected chi connectivity index (χ4v) is 1.80. The standard InChI is InChI=1S/C9H11NO3/c1-4-7(11)3-5-2-6(9(12)13)10-8(4)5/h2,4,7,10-11H,3H2,1H3,(H,12,13)/t4?,7-/m1/s1. The second kappa shape index (κ2) is 2.60. The van der Waals surface area contributed by atoms with E-state index >= 15 is 0 Å². The quantitative estimate of drug-likeness (QED) is 0.598. The Bertz CT molecular complexity index is 356. The van der Waals surface area contributed by atoms with E-state index in [0.29, 0.717) is 6.42 Å². The molecule has 0 aliphatic heterocycles. The summed E-state index contributed by atoms with van der Waals surface area (Å²) in [4.78, 5) is 13.4. The molecule has 3 N–H and O–H groups in total. The lowest BCUT2D eigenvalue weighted by atomic mass is 10.1. The van der Waals surface area contributed by atoms with Crippen molar-refractivity contribution in [1.82, 2.24) is 4.98 Å². The minimum absolute atomic E-state index is 0.0168. The molecule has 0 saturated carbocycles. The number of carboxylic acid groups (broad SMARTS) is 1. The average molecular weight is 181 g/mol. The van der Waals surface area contributed by atoms with Gasteiger partial charge >= 0.3 is 5.97 Å². The number of carboxylic acids is 1. The number of hydrogen-bond acceptors (Lipinski definition) is 2. The average Bonchev–Trinajstić information content (AvgIpc) is 2.55. The molecule has 4 nitrogen and oxygen atoms in total. The monoisotopic (exact) mass is 181 g/mol. The molecule has 1 heterocycles. The molecule has 1 aliphatic rings. The number of aromatic carboxylic acids is 1. The van der Waals surface area contributed by atoms with Gasteiger partial charge in [0.2, 0.25) is 0 Å². The maximum atomic E-state index is 10.6. The van der Waals surface area contributed by atoms with Crippen molar-refractivity contribution < 1.29 is 15.0 Å². The topological polar surface area (TPSA) is 73.3 Å². The summed E-state index contributed by atoms with van der Waals surface area (Å²) in [5.74, 6) is -0.931. The van der Waals surface area contributed by atoms with E-state index in [2.05, 4.69) is 4.98 Å². The van der Waals surface area contributed by atoms with E-state index in [1.807, 2.05) is 6.92 Å². The van der Waals surface area contributed by atoms with E-state index in [9.17, 15) is 9.90 Å². The number of aromatic nitrogens is 1. The summed E-state index contributed by atoms with van der Waals surface area (Å²) >= 11 is 0. The second-order valence-corrected chi connectivity index (χ2v) is 3.49. The zero-order valence-electron chi connectivity index (χ0n) is 7.24. The fourth-order valence-electron chi connectivity index (χ4n) is 1.80. The molecule has 1 aromatic heterocycles. The first kappa shape index (κ1) is 8.31. The van der Waals surface area contributed by atoms with Gasteiger partial charge in [0.1, 0.15) is 5.69 Å². The molecule has 0 aromatic carbocycles. The lowest BCUT2D eigenvalue weighted by Crippen LogP contribution is -2.11. The van der Waals surface area contributed by atoms with E-state index < -0.39 is 5.97 Å². The minimum Gasteiger partial charge on any atom is -0.477 e. The molecule has 2 atom stereocenters. The SMILES string of the molecule is CC1c2[nH]c(C(=O)O)cc2C[C@H]1O. The summed E-state index contributed by atoms with van der Waals surface area (Å²) < 4.78 is 0. The van der Waals surface area contributed by atoms with E-state index in [1.54, 1.807) is 6.07 Å². The number of carbonyl (C=O) groups is 1. The lowest BCUT2D eigenvalue weighted by Gasteiger charge is -2.07. The number of aliphatic hydroxyl groups is 1. The molecule has 0 saturated heterocycles. The summed E-state index contributed by atoms with van der Waals surface area (Å²) in [6, 6.07) is 1.60. The third kappa shape index (κ3) is 1.14. The Morgan fingerprint density at radius 3 is 2.92 bits per heavy atom. The molecule has 1 unspecified atom stereocenters. The molecule has 70 valence electrons. The van der Waals surface area contributed by atoms with Crippen LogP contribution in [0.5, 0.6) is 0 Å². The molecule has 13 heavy (non-hydrogen) atoms. The van der Waals surface area contributed by atoms with E-state index in [0.717, 1.165) is 11.3 Å². The van der Waals surface area contributed by atoms with Gasteiger partial charge in [0.05, 0.1) is 6.10 Å². The van der Waals surface area contributed by atoms with Crippen LogP contribution in [0.15, 0.2) is 6.07 Å². The molecule has 0 bridgehead atoms. The van der Waals surface area contributed by atoms with Crippen LogP contribution in [-0.4, -0.2) is 27.3 Å². The molecule has 0 amide bonds. The third-order valence-corrected chi connectivity index (χ3v) is 2.63. The number of aliphatic hydroxyl groups excluding tert-OH is 1. The summed E-state index contributed by atoms with van der Waals surface area (Å²) in [7, 11) is 0. The maximum absolute atomic E-state index is 10.6. The number of aromatic amines is 1. The Hall–Kier alpha value is -1.29. The summed E-state index contributed by atoms with van der Waals surface area (Å²) in [6.07, 6.45) is 0.185. The number of nitrogens with one attached hydrogen (secondary N) is 1. The van der Waals surface area contributed by atoms with Crippen molar-refractivity contribution in [3.8, 4) is 0 Å². The van der Waals surface area contributed by atoms with Crippen LogP contribution < -0.4 is 0 Å². The summed E-state index contributed by atoms with van der Waals surface area (Å²) in [6.45, 7) is 1.89. The van der Waals surface area contributed by atoms with E-state index in [-0.39, 0.29) is 17.7 Å². The van der Waals surface area contributed by atoms with Crippen LogP contribution in [0.3, 0.4) is 0 Å². The fraction of sp³-hybridized carbons (Fsp3) is 0.444. The van der Waals surface area contributed by atoms with Gasteiger partial charge in [0.15, 0.2) is 0 Å². The first-order valence-corrected chi connectivity index (χ1v) is 4.22. The summed E-state index contributed by atoms with van der Waals surface area (Å²) in [5, 5.41) is 18.2. The van der Waals surface area contributed by atoms with E-state index in [4.69, 9.17) is 5.11 Å². The van der Waals surface area contributed by atoms with Crippen LogP contribution in [0.2, 0.25) is 0 Å². The van der Waals surface area contributed by atoms with Crippen molar-refractivity contribution >= 4 is 5.97 Å². The molecular weight excluding hydrogens is 170 g/mol. The Kier molecular flexibility index (Phi) is 1.66. The highest BCUT2D eigenvalue weighted by Gasteiger charge is 2.30. The second-order valence-electron chi connectivity index (χ2n) is 3.49. The zero-order chi connectivity index (χ0) is 9.59. The van der Waals surface area contributed by atoms with Crippen molar-refractivity contribution in [2.45, 2.75) is 25.4 Å². The number of rotatable bonds is 1. The van der Waals surface area contributed by atoms with Gasteiger partial charge in [-0.3, -0.25) is 0 Å². The number of fused-ring (bicyclic) bond motifs is 1. The zero-order valence-corrected chi connectivity index (χ0v) is 7.24. The van der Waals surface area contributed by atoms with Gasteiger partial charge in [-0.2, -0.15) is 0 Å². The van der Waals surface area contributed by atoms with Crippen LogP contribution in [0.25, 0.3) is 0 Å². The molecule has 0 radical (unpaired) electrons. The Morgan fingerprint density at radius 2 is 2.38 bits per heavy atom. The third-order valence-electron chi connectivity index (χ3n) is 2.63. The molecule has 0 spiro atoms. The van der Waals surface area contributed by atoms with Gasteiger partial charge in [-0.05, 0) is 11.6 Å². The summed E-state index contributed by atoms with van der Waals surface area (Å²) in [5.41, 5.74) is 2.01. The molecule has 4 heteroatoms. The Labute approximate surface area is 75.2 Å². The van der Waals surface area contributed by atoms with Crippen molar-refractivity contribution in [2.24, 2.45) is 0 Å². The van der Waals surface area contributed by atoms with E-state index in [1.165, 1.54) is 0 Å². The molecular formula is C9H11NO3. The number of H-pyrrole nitrogens is 1. The highest BCUT2D eigenvalue weighted by atomic mass is 16.4. The van der Waals surface area contributed by atoms with Crippen LogP contribution in [0.1, 0.15) is 34.6 Å². The first-order valence-electron chi connectivity index (χ1n) is 4.22. The van der Waals surface area contributed by atoms with Gasteiger partial charge in [0, 0.05) is 18.0 Å². The molecule has 1 aliphatic carbocycles. The van der Waals surface area contributed by atoms with Gasteiger partial charge < -0.3 is 15.2 Å². The number of hydrogen-bond donors (Lipinski definition) is 3. The smallest absolute Gasteiger partial charge is 0.352 e. The highest BCUT2D eigenvalue weighted by molar-refractivity contribution is 5.86. The maximum Gasteiger partial charge on any atom is 0.352 e. The van der Waals surface area contributed by atoms with Crippen molar-refractivity contribution in [2.75, 3.05) is 0 Å². The van der Waals surface area contributed by atoms with Gasteiger partial charge in [0.25, 0.3) is 0 Å². The minimum atomic E-state index is -0.948. The molecule has 2 rings (SSSR count). The van der Waals surface area contributed by atoms with Crippen molar-refractivity contribution in [3.05, 3.63) is 23.0 Å². The van der Waals surface area contributed by atoms with Crippen molar-refractivity contribution in [3.63, 3.8) is 0 Å². The Balaban J connectivity index is 2.40. The van der Waals surface area contributed by atoms with Crippen molar-refractivity contribution in [1.29, 1.82) is 0 Å². The van der Waals surface area contributed by atoms with Crippen LogP contribution in [0.4, 0.5) is 0 Å². The first-order chi connectivity index (χ1) is 6.09. The van der Waals surface area contributed by atoms with Crippen LogP contribution in [-0.2, 0) is 6.42 Å². The normalized spacial score (nSPS) is 26.0. The van der Waals surface area contributed by atoms with Gasteiger partial charge in [-0.1, -0.05) is 6.92 Å². The van der Waals surface area contributed by atoms with Gasteiger partial charge in [-0.25, -0.2) is 4.79 Å². The predicted molar refractivity (Wildman–Crippen MR) is 45.9 cm³/mol. The van der Waals surface area contributed by atoms with Crippen LogP contribution in [0, 0.1) is 0 Å². The highest BCUT2D eigenvalue weighted by Crippen LogP contribution is 2.32. The lowest BCUT2D eigenvalue weighted by molar-refractivity contribution is 0.0690. The molecule has 1 aromatic rings. The largest absolute Gasteiger partial charge is 0.477 e. The predicted octanol–water partition coefficient (Wildman–Crippen LogP) is 0.733. The van der Waals surface area contributed by atoms with Gasteiger partial charge in [-0.15, -0.1) is 0 Å². The van der Waals surface area contributed by atoms with Crippen LogP contribution >= 0.6 is 0 Å². The molecule has 0 fully saturated rings.